The molecule has 0 aliphatic heterocycles. The summed E-state index contributed by atoms with van der Waals surface area (Å²) < 4.78 is 15.8. The highest BCUT2D eigenvalue weighted by Crippen LogP contribution is 2.26. The fourth-order valence-corrected chi connectivity index (χ4v) is 3.04. The molecule has 1 amide bonds. The minimum atomic E-state index is -0.536. The molecule has 0 spiro atoms. The number of hydrogen-bond donors (Lipinski definition) is 0. The fourth-order valence-electron chi connectivity index (χ4n) is 3.04. The van der Waals surface area contributed by atoms with Crippen LogP contribution >= 0.6 is 0 Å². The van der Waals surface area contributed by atoms with Gasteiger partial charge in [0.25, 0.3) is 5.91 Å². The number of nitrogens with zero attached hydrogens (tertiary/aromatic N) is 2. The Morgan fingerprint density at radius 2 is 1.93 bits per heavy atom. The molecule has 1 aromatic heterocycles. The minimum absolute atomic E-state index is 0.0185. The van der Waals surface area contributed by atoms with Crippen molar-refractivity contribution in [1.29, 1.82) is 5.26 Å². The van der Waals surface area contributed by atoms with E-state index in [0.29, 0.717) is 22.6 Å². The second kappa shape index (κ2) is 9.61. The van der Waals surface area contributed by atoms with Crippen LogP contribution < -0.4 is 9.64 Å². The van der Waals surface area contributed by atoms with Gasteiger partial charge in [0, 0.05) is 29.2 Å². The highest BCUT2D eigenvalue weighted by Gasteiger charge is 2.19. The second-order valence-corrected chi connectivity index (χ2v) is 6.75. The van der Waals surface area contributed by atoms with Gasteiger partial charge in [-0.1, -0.05) is 17.7 Å². The summed E-state index contributed by atoms with van der Waals surface area (Å²) in [5.74, 6) is -0.264. The summed E-state index contributed by atoms with van der Waals surface area (Å²) in [7, 11) is 1.57. The van der Waals surface area contributed by atoms with Crippen LogP contribution in [0.15, 0.2) is 53.1 Å². The second-order valence-electron chi connectivity index (χ2n) is 6.75. The van der Waals surface area contributed by atoms with E-state index < -0.39 is 12.6 Å². The highest BCUT2D eigenvalue weighted by atomic mass is 16.5. The smallest absolute Gasteiger partial charge is 0.310 e. The first-order valence-electron chi connectivity index (χ1n) is 9.45. The summed E-state index contributed by atoms with van der Waals surface area (Å²) in [6.45, 7) is 1.77. The lowest BCUT2D eigenvalue weighted by atomic mass is 10.1. The summed E-state index contributed by atoms with van der Waals surface area (Å²) in [4.78, 5) is 26.4. The first kappa shape index (κ1) is 20.9. The number of fused-ring (bicyclic) bond motifs is 1. The van der Waals surface area contributed by atoms with E-state index in [1.54, 1.807) is 31.4 Å². The third kappa shape index (κ3) is 4.97. The van der Waals surface area contributed by atoms with E-state index in [0.717, 1.165) is 10.9 Å². The molecule has 0 aliphatic rings. The van der Waals surface area contributed by atoms with Crippen molar-refractivity contribution in [3.63, 3.8) is 0 Å². The van der Waals surface area contributed by atoms with E-state index >= 15 is 0 Å². The maximum Gasteiger partial charge on any atom is 0.310 e. The quantitative estimate of drug-likeness (QED) is 0.529. The summed E-state index contributed by atoms with van der Waals surface area (Å²) in [5.41, 5.74) is 3.00. The Morgan fingerprint density at radius 3 is 2.63 bits per heavy atom. The summed E-state index contributed by atoms with van der Waals surface area (Å²) >= 11 is 0. The lowest BCUT2D eigenvalue weighted by molar-refractivity contribution is -0.147. The number of nitriles is 1. The van der Waals surface area contributed by atoms with Crippen LogP contribution in [0.2, 0.25) is 0 Å². The van der Waals surface area contributed by atoms with Gasteiger partial charge in [-0.05, 0) is 31.2 Å². The zero-order valence-corrected chi connectivity index (χ0v) is 16.9. The fraction of sp³-hybridized carbons (Fsp3) is 0.261. The number of methoxy groups -OCH3 is 1. The number of amides is 1. The van der Waals surface area contributed by atoms with Crippen molar-refractivity contribution in [2.45, 2.75) is 19.8 Å². The molecule has 7 heteroatoms. The molecule has 0 N–H and O–H groups in total. The molecule has 0 radical (unpaired) electrons. The molecule has 30 heavy (non-hydrogen) atoms. The average Bonchev–Trinajstić information content (AvgIpc) is 3.15. The molecule has 0 saturated carbocycles. The molecule has 3 rings (SSSR count). The van der Waals surface area contributed by atoms with Crippen LogP contribution in [0.5, 0.6) is 5.75 Å². The van der Waals surface area contributed by atoms with Crippen molar-refractivity contribution in [3.05, 3.63) is 59.9 Å². The van der Waals surface area contributed by atoms with Gasteiger partial charge >= 0.3 is 5.97 Å². The van der Waals surface area contributed by atoms with Crippen LogP contribution in [0.3, 0.4) is 0 Å². The maximum absolute atomic E-state index is 12.6. The molecule has 3 aromatic rings. The lowest BCUT2D eigenvalue weighted by Gasteiger charge is -2.21. The predicted octanol–water partition coefficient (Wildman–Crippen LogP) is 3.78. The van der Waals surface area contributed by atoms with Crippen molar-refractivity contribution < 1.29 is 23.5 Å². The largest absolute Gasteiger partial charge is 0.497 e. The molecule has 7 nitrogen and oxygen atoms in total. The van der Waals surface area contributed by atoms with Crippen LogP contribution in [-0.2, 0) is 20.7 Å². The van der Waals surface area contributed by atoms with Gasteiger partial charge in [0.15, 0.2) is 6.61 Å². The van der Waals surface area contributed by atoms with E-state index in [-0.39, 0.29) is 25.3 Å². The van der Waals surface area contributed by atoms with Crippen LogP contribution in [-0.4, -0.2) is 32.1 Å². The minimum Gasteiger partial charge on any atom is -0.497 e. The van der Waals surface area contributed by atoms with Crippen molar-refractivity contribution in [2.24, 2.45) is 0 Å². The van der Waals surface area contributed by atoms with Gasteiger partial charge in [-0.25, -0.2) is 0 Å². The first-order valence-corrected chi connectivity index (χ1v) is 9.45. The number of ether oxygens (including phenoxy) is 2. The molecule has 0 atom stereocenters. The predicted molar refractivity (Wildman–Crippen MR) is 111 cm³/mol. The lowest BCUT2D eigenvalue weighted by Crippen LogP contribution is -2.35. The normalized spacial score (nSPS) is 10.4. The number of anilines is 1. The molecule has 1 heterocycles. The first-order chi connectivity index (χ1) is 14.5. The third-order valence-electron chi connectivity index (χ3n) is 4.65. The van der Waals surface area contributed by atoms with Gasteiger partial charge in [-0.2, -0.15) is 5.26 Å². The van der Waals surface area contributed by atoms with Gasteiger partial charge in [0.2, 0.25) is 0 Å². The molecule has 0 bridgehead atoms. The van der Waals surface area contributed by atoms with Gasteiger partial charge in [0.05, 0.1) is 32.3 Å². The number of benzene rings is 2. The SMILES string of the molecule is COc1ccc2c(CC(=O)OCC(=O)N(CCC#N)c3ccc(C)cc3)coc2c1. The Hall–Kier alpha value is -3.79. The summed E-state index contributed by atoms with van der Waals surface area (Å²) in [6.07, 6.45) is 1.66. The number of carbonyl (C=O) groups excluding carboxylic acids is 2. The number of furan rings is 1. The number of hydrogen-bond acceptors (Lipinski definition) is 6. The van der Waals surface area contributed by atoms with Gasteiger partial charge in [-0.3, -0.25) is 9.59 Å². The molecule has 154 valence electrons. The number of rotatable bonds is 8. The Bertz CT molecular complexity index is 1080. The number of aryl methyl sites for hydroxylation is 1. The van der Waals surface area contributed by atoms with Gasteiger partial charge < -0.3 is 18.8 Å². The Kier molecular flexibility index (Phi) is 6.71. The molecular weight excluding hydrogens is 384 g/mol. The molecule has 0 saturated heterocycles. The highest BCUT2D eigenvalue weighted by molar-refractivity contribution is 5.95. The Morgan fingerprint density at radius 1 is 1.17 bits per heavy atom. The van der Waals surface area contributed by atoms with Crippen LogP contribution in [0.4, 0.5) is 5.69 Å². The van der Waals surface area contributed by atoms with Crippen LogP contribution in [0.25, 0.3) is 11.0 Å². The molecule has 2 aromatic carbocycles. The molecule has 0 fully saturated rings. The standard InChI is InChI=1S/C23H22N2O5/c1-16-4-6-18(7-5-16)25(11-3-10-24)22(26)15-30-23(27)12-17-14-29-21-13-19(28-2)8-9-20(17)21/h4-9,13-14H,3,11-12,15H2,1-2H3. The van der Waals surface area contributed by atoms with Crippen molar-refractivity contribution in [2.75, 3.05) is 25.2 Å². The third-order valence-corrected chi connectivity index (χ3v) is 4.65. The average molecular weight is 406 g/mol. The summed E-state index contributed by atoms with van der Waals surface area (Å²) in [6, 6.07) is 14.7. The zero-order chi connectivity index (χ0) is 21.5. The maximum atomic E-state index is 12.6. The van der Waals surface area contributed by atoms with E-state index in [9.17, 15) is 9.59 Å². The van der Waals surface area contributed by atoms with Gasteiger partial charge in [-0.15, -0.1) is 0 Å². The van der Waals surface area contributed by atoms with Gasteiger partial charge in [0.1, 0.15) is 11.3 Å². The monoisotopic (exact) mass is 406 g/mol. The van der Waals surface area contributed by atoms with Crippen LogP contribution in [0, 0.1) is 18.3 Å². The van der Waals surface area contributed by atoms with Crippen LogP contribution in [0.1, 0.15) is 17.5 Å². The summed E-state index contributed by atoms with van der Waals surface area (Å²) in [5, 5.41) is 9.67. The molecule has 0 aliphatic carbocycles. The molecular formula is C23H22N2O5. The Labute approximate surface area is 174 Å². The number of esters is 1. The van der Waals surface area contributed by atoms with E-state index in [1.165, 1.54) is 11.2 Å². The topological polar surface area (TPSA) is 92.8 Å². The van der Waals surface area contributed by atoms with E-state index in [4.69, 9.17) is 19.2 Å². The zero-order valence-electron chi connectivity index (χ0n) is 16.9. The van der Waals surface area contributed by atoms with Crippen molar-refractivity contribution in [3.8, 4) is 11.8 Å². The van der Waals surface area contributed by atoms with Crippen molar-refractivity contribution in [1.82, 2.24) is 0 Å². The molecule has 0 unspecified atom stereocenters. The number of carbonyl (C=O) groups is 2. The van der Waals surface area contributed by atoms with E-state index in [1.807, 2.05) is 31.2 Å². The van der Waals surface area contributed by atoms with Crippen molar-refractivity contribution >= 4 is 28.5 Å². The van der Waals surface area contributed by atoms with E-state index in [2.05, 4.69) is 0 Å². The Balaban J connectivity index is 1.63.